The molecule has 0 aliphatic rings. The van der Waals surface area contributed by atoms with Gasteiger partial charge in [0, 0.05) is 19.0 Å². The van der Waals surface area contributed by atoms with E-state index < -0.39 is 28.5 Å². The van der Waals surface area contributed by atoms with E-state index in [2.05, 4.69) is 5.32 Å². The van der Waals surface area contributed by atoms with Crippen molar-refractivity contribution in [2.45, 2.75) is 52.2 Å². The van der Waals surface area contributed by atoms with Gasteiger partial charge in [0.15, 0.2) is 0 Å². The Hall–Kier alpha value is -3.65. The van der Waals surface area contributed by atoms with Gasteiger partial charge in [0.25, 0.3) is 0 Å². The first kappa shape index (κ1) is 28.9. The lowest BCUT2D eigenvalue weighted by Crippen LogP contribution is -2.54. The summed E-state index contributed by atoms with van der Waals surface area (Å²) in [5, 5.41) is 3.03. The molecule has 8 heteroatoms. The maximum atomic E-state index is 14.0. The Bertz CT molecular complexity index is 1310. The highest BCUT2D eigenvalue weighted by molar-refractivity contribution is 7.92. The highest BCUT2D eigenvalue weighted by Crippen LogP contribution is 2.23. The number of sulfonamides is 1. The van der Waals surface area contributed by atoms with Crippen LogP contribution in [0.5, 0.6) is 0 Å². The molecule has 0 aromatic heterocycles. The predicted octanol–water partition coefficient (Wildman–Crippen LogP) is 4.32. The molecule has 38 heavy (non-hydrogen) atoms. The van der Waals surface area contributed by atoms with E-state index in [0.717, 1.165) is 33.7 Å². The van der Waals surface area contributed by atoms with E-state index in [1.165, 1.54) is 4.90 Å². The van der Waals surface area contributed by atoms with Crippen LogP contribution in [0.1, 0.15) is 37.0 Å². The van der Waals surface area contributed by atoms with Crippen LogP contribution in [0.4, 0.5) is 5.69 Å². The Balaban J connectivity index is 2.05. The molecular formula is C30H37N3O4S. The minimum Gasteiger partial charge on any atom is -0.352 e. The summed E-state index contributed by atoms with van der Waals surface area (Å²) in [6, 6.07) is 25.1. The average Bonchev–Trinajstić information content (AvgIpc) is 2.90. The van der Waals surface area contributed by atoms with E-state index in [-0.39, 0.29) is 18.5 Å². The Labute approximate surface area is 226 Å². The molecule has 0 spiro atoms. The number of benzene rings is 3. The number of hydrogen-bond donors (Lipinski definition) is 1. The van der Waals surface area contributed by atoms with Gasteiger partial charge >= 0.3 is 0 Å². The van der Waals surface area contributed by atoms with Gasteiger partial charge in [-0.3, -0.25) is 13.9 Å². The molecule has 3 aromatic rings. The van der Waals surface area contributed by atoms with Crippen LogP contribution in [0, 0.1) is 6.92 Å². The summed E-state index contributed by atoms with van der Waals surface area (Å²) in [5.41, 5.74) is 2.92. The van der Waals surface area contributed by atoms with Crippen molar-refractivity contribution in [2.24, 2.45) is 0 Å². The molecule has 1 N–H and O–H groups in total. The number of amides is 2. The third kappa shape index (κ3) is 7.92. The van der Waals surface area contributed by atoms with Gasteiger partial charge in [-0.1, -0.05) is 85.8 Å². The lowest BCUT2D eigenvalue weighted by molar-refractivity contribution is -0.140. The summed E-state index contributed by atoms with van der Waals surface area (Å²) in [5.74, 6) is -0.725. The zero-order chi connectivity index (χ0) is 27.7. The fraction of sp³-hybridized carbons (Fsp3) is 0.333. The highest BCUT2D eigenvalue weighted by atomic mass is 32.2. The van der Waals surface area contributed by atoms with E-state index in [1.54, 1.807) is 25.1 Å². The highest BCUT2D eigenvalue weighted by Gasteiger charge is 2.33. The van der Waals surface area contributed by atoms with Crippen molar-refractivity contribution in [3.63, 3.8) is 0 Å². The van der Waals surface area contributed by atoms with Gasteiger partial charge in [-0.2, -0.15) is 0 Å². The molecule has 0 saturated heterocycles. The lowest BCUT2D eigenvalue weighted by atomic mass is 10.0. The minimum atomic E-state index is -3.78. The lowest BCUT2D eigenvalue weighted by Gasteiger charge is -2.34. The predicted molar refractivity (Wildman–Crippen MR) is 152 cm³/mol. The molecule has 3 rings (SSSR count). The van der Waals surface area contributed by atoms with E-state index in [1.807, 2.05) is 80.6 Å². The van der Waals surface area contributed by atoms with Crippen molar-refractivity contribution in [1.82, 2.24) is 10.2 Å². The Kier molecular flexibility index (Phi) is 10.1. The molecule has 2 atom stereocenters. The van der Waals surface area contributed by atoms with Gasteiger partial charge < -0.3 is 10.2 Å². The van der Waals surface area contributed by atoms with Crippen molar-refractivity contribution < 1.29 is 18.0 Å². The maximum Gasteiger partial charge on any atom is 0.244 e. The second kappa shape index (κ2) is 13.2. The molecule has 0 aliphatic carbocycles. The molecule has 0 fully saturated rings. The van der Waals surface area contributed by atoms with Gasteiger partial charge in [0.05, 0.1) is 11.9 Å². The van der Waals surface area contributed by atoms with Crippen LogP contribution in [0.15, 0.2) is 84.9 Å². The molecule has 0 heterocycles. The topological polar surface area (TPSA) is 86.8 Å². The molecule has 7 nitrogen and oxygen atoms in total. The van der Waals surface area contributed by atoms with Gasteiger partial charge in [-0.25, -0.2) is 8.42 Å². The third-order valence-corrected chi connectivity index (χ3v) is 7.66. The number of aryl methyl sites for hydroxylation is 1. The summed E-state index contributed by atoms with van der Waals surface area (Å²) in [6.07, 6.45) is 2.13. The molecule has 2 unspecified atom stereocenters. The smallest absolute Gasteiger partial charge is 0.244 e. The molecule has 202 valence electrons. The number of hydrogen-bond acceptors (Lipinski definition) is 4. The zero-order valence-corrected chi connectivity index (χ0v) is 23.3. The standard InChI is InChI=1S/C30H37N3O4S/c1-5-24(3)31-30(35)28(20-25-15-8-6-9-16-25)32(21-26-17-10-7-11-18-26)29(34)22-33(38(4,36)37)27-19-13-12-14-23(27)2/h6-19,24,28H,5,20-22H2,1-4H3,(H,31,35). The maximum absolute atomic E-state index is 14.0. The molecule has 0 saturated carbocycles. The summed E-state index contributed by atoms with van der Waals surface area (Å²) in [7, 11) is -3.78. The van der Waals surface area contributed by atoms with Crippen molar-refractivity contribution in [3.05, 3.63) is 102 Å². The van der Waals surface area contributed by atoms with Gasteiger partial charge in [0.1, 0.15) is 12.6 Å². The first-order valence-electron chi connectivity index (χ1n) is 12.8. The number of nitrogens with zero attached hydrogens (tertiary/aromatic N) is 2. The normalized spacial score (nSPS) is 12.8. The van der Waals surface area contributed by atoms with Crippen molar-refractivity contribution in [1.29, 1.82) is 0 Å². The van der Waals surface area contributed by atoms with Crippen LogP contribution >= 0.6 is 0 Å². The second-order valence-electron chi connectivity index (χ2n) is 9.59. The average molecular weight is 536 g/mol. The summed E-state index contributed by atoms with van der Waals surface area (Å²) >= 11 is 0. The molecule has 0 aliphatic heterocycles. The number of para-hydroxylation sites is 1. The largest absolute Gasteiger partial charge is 0.352 e. The fourth-order valence-corrected chi connectivity index (χ4v) is 5.12. The first-order valence-corrected chi connectivity index (χ1v) is 14.7. The van der Waals surface area contributed by atoms with Crippen molar-refractivity contribution in [3.8, 4) is 0 Å². The number of carbonyl (C=O) groups is 2. The Morgan fingerprint density at radius 3 is 1.97 bits per heavy atom. The zero-order valence-electron chi connectivity index (χ0n) is 22.5. The monoisotopic (exact) mass is 535 g/mol. The molecular weight excluding hydrogens is 498 g/mol. The van der Waals surface area contributed by atoms with Crippen LogP contribution in [0.3, 0.4) is 0 Å². The van der Waals surface area contributed by atoms with Crippen LogP contribution in [0.25, 0.3) is 0 Å². The summed E-state index contributed by atoms with van der Waals surface area (Å²) < 4.78 is 26.8. The quantitative estimate of drug-likeness (QED) is 0.374. The molecule has 0 bridgehead atoms. The SMILES string of the molecule is CCC(C)NC(=O)C(Cc1ccccc1)N(Cc1ccccc1)C(=O)CN(c1ccccc1C)S(C)(=O)=O. The number of nitrogens with one attached hydrogen (secondary N) is 1. The van der Waals surface area contributed by atoms with Gasteiger partial charge in [-0.05, 0) is 43.0 Å². The molecule has 2 amide bonds. The van der Waals surface area contributed by atoms with Crippen LogP contribution < -0.4 is 9.62 Å². The second-order valence-corrected chi connectivity index (χ2v) is 11.5. The van der Waals surface area contributed by atoms with Crippen molar-refractivity contribution >= 4 is 27.5 Å². The number of anilines is 1. The minimum absolute atomic E-state index is 0.0751. The Morgan fingerprint density at radius 2 is 1.42 bits per heavy atom. The van der Waals surface area contributed by atoms with Crippen molar-refractivity contribution in [2.75, 3.05) is 17.1 Å². The van der Waals surface area contributed by atoms with E-state index >= 15 is 0 Å². The van der Waals surface area contributed by atoms with E-state index in [4.69, 9.17) is 0 Å². The fourth-order valence-electron chi connectivity index (χ4n) is 4.21. The van der Waals surface area contributed by atoms with Crippen LogP contribution in [0.2, 0.25) is 0 Å². The van der Waals surface area contributed by atoms with E-state index in [0.29, 0.717) is 12.1 Å². The van der Waals surface area contributed by atoms with Crippen LogP contribution in [-0.4, -0.2) is 50.0 Å². The molecule has 3 aromatic carbocycles. The summed E-state index contributed by atoms with van der Waals surface area (Å²) in [4.78, 5) is 29.2. The van der Waals surface area contributed by atoms with Gasteiger partial charge in [-0.15, -0.1) is 0 Å². The summed E-state index contributed by atoms with van der Waals surface area (Å²) in [6.45, 7) is 5.45. The van der Waals surface area contributed by atoms with Gasteiger partial charge in [0.2, 0.25) is 21.8 Å². The number of rotatable bonds is 12. The van der Waals surface area contributed by atoms with E-state index in [9.17, 15) is 18.0 Å². The Morgan fingerprint density at radius 1 is 0.868 bits per heavy atom. The third-order valence-electron chi connectivity index (χ3n) is 6.53. The molecule has 0 radical (unpaired) electrons. The van der Waals surface area contributed by atoms with Crippen LogP contribution in [-0.2, 0) is 32.6 Å². The number of carbonyl (C=O) groups excluding carboxylic acids is 2. The first-order chi connectivity index (χ1) is 18.1.